The van der Waals surface area contributed by atoms with Crippen LogP contribution in [0.1, 0.15) is 37.8 Å². The van der Waals surface area contributed by atoms with E-state index >= 15 is 0 Å². The molecule has 0 saturated carbocycles. The number of rotatable bonds is 5. The molecule has 5 nitrogen and oxygen atoms in total. The van der Waals surface area contributed by atoms with E-state index in [0.29, 0.717) is 6.42 Å². The predicted molar refractivity (Wildman–Crippen MR) is 125 cm³/mol. The summed E-state index contributed by atoms with van der Waals surface area (Å²) >= 11 is 0. The van der Waals surface area contributed by atoms with Crippen LogP contribution in [0.2, 0.25) is 0 Å². The fourth-order valence-electron chi connectivity index (χ4n) is 4.39. The summed E-state index contributed by atoms with van der Waals surface area (Å²) in [6, 6.07) is 12.0. The highest BCUT2D eigenvalue weighted by molar-refractivity contribution is 5.68. The number of hydrogen-bond acceptors (Lipinski definition) is 4. The second-order valence-corrected chi connectivity index (χ2v) is 8.92. The Labute approximate surface area is 198 Å². The van der Waals surface area contributed by atoms with Gasteiger partial charge in [0.05, 0.1) is 17.3 Å². The van der Waals surface area contributed by atoms with Gasteiger partial charge in [0.1, 0.15) is 18.2 Å². The van der Waals surface area contributed by atoms with Crippen molar-refractivity contribution >= 4 is 11.8 Å². The minimum Gasteiger partial charge on any atom is -0.445 e. The lowest BCUT2D eigenvalue weighted by Crippen LogP contribution is -2.43. The van der Waals surface area contributed by atoms with E-state index in [1.807, 2.05) is 30.3 Å². The number of azo groups is 1. The lowest BCUT2D eigenvalue weighted by molar-refractivity contribution is 0.133. The van der Waals surface area contributed by atoms with E-state index in [-0.39, 0.29) is 35.6 Å². The Balaban J connectivity index is 1.59. The van der Waals surface area contributed by atoms with Crippen LogP contribution in [0.5, 0.6) is 0 Å². The molecule has 2 aromatic carbocycles. The first-order valence-corrected chi connectivity index (χ1v) is 11.5. The molecule has 1 heterocycles. The number of halogens is 2. The molecule has 3 unspecified atom stereocenters. The molecule has 0 saturated heterocycles. The van der Waals surface area contributed by atoms with Crippen LogP contribution in [0.15, 0.2) is 64.8 Å². The number of allylic oxidation sites excluding steroid dienone is 1. The van der Waals surface area contributed by atoms with Crippen LogP contribution in [-0.2, 0) is 11.3 Å². The van der Waals surface area contributed by atoms with Crippen molar-refractivity contribution in [1.29, 1.82) is 0 Å². The van der Waals surface area contributed by atoms with Gasteiger partial charge in [0.2, 0.25) is 0 Å². The Morgan fingerprint density at radius 1 is 1.09 bits per heavy atom. The van der Waals surface area contributed by atoms with E-state index in [0.717, 1.165) is 12.0 Å². The summed E-state index contributed by atoms with van der Waals surface area (Å²) in [5.41, 5.74) is 0.788. The molecule has 34 heavy (non-hydrogen) atoms. The van der Waals surface area contributed by atoms with E-state index in [1.54, 1.807) is 6.08 Å². The fourth-order valence-corrected chi connectivity index (χ4v) is 4.39. The van der Waals surface area contributed by atoms with Crippen LogP contribution in [0.4, 0.5) is 13.6 Å². The van der Waals surface area contributed by atoms with Gasteiger partial charge in [-0.05, 0) is 48.4 Å². The fraction of sp³-hybridized carbons (Fsp3) is 0.370. The molecule has 1 amide bonds. The molecular weight excluding hydrogens is 436 g/mol. The molecule has 0 aromatic heterocycles. The minimum absolute atomic E-state index is 0.122. The lowest BCUT2D eigenvalue weighted by atomic mass is 9.77. The van der Waals surface area contributed by atoms with Gasteiger partial charge in [0, 0.05) is 5.92 Å². The SMILES string of the molecule is CC(C)C1CC[C@@H](NC(=O)OCc2ccccc2)C2C#CC1/C=C(c1c(F)cccc1F)\N=N/2. The third-order valence-corrected chi connectivity index (χ3v) is 6.27. The molecule has 4 atom stereocenters. The van der Waals surface area contributed by atoms with Gasteiger partial charge in [-0.3, -0.25) is 0 Å². The number of fused-ring (bicyclic) bond motifs is 2. The average Bonchev–Trinajstić information content (AvgIpc) is 2.79. The zero-order chi connectivity index (χ0) is 24.1. The van der Waals surface area contributed by atoms with E-state index in [1.165, 1.54) is 18.2 Å². The maximum atomic E-state index is 14.5. The first-order chi connectivity index (χ1) is 16.4. The Morgan fingerprint density at radius 3 is 2.53 bits per heavy atom. The highest BCUT2D eigenvalue weighted by Gasteiger charge is 2.32. The number of alkyl carbamates (subject to hydrolysis) is 1. The van der Waals surface area contributed by atoms with Gasteiger partial charge >= 0.3 is 6.09 Å². The molecule has 2 aromatic rings. The normalized spacial score (nSPS) is 26.1. The van der Waals surface area contributed by atoms with Crippen molar-refractivity contribution in [3.05, 3.63) is 77.4 Å². The van der Waals surface area contributed by atoms with Crippen LogP contribution >= 0.6 is 0 Å². The van der Waals surface area contributed by atoms with E-state index in [4.69, 9.17) is 4.74 Å². The second kappa shape index (κ2) is 10.6. The van der Waals surface area contributed by atoms with Crippen LogP contribution in [0.3, 0.4) is 0 Å². The third kappa shape index (κ3) is 5.51. The molecule has 0 radical (unpaired) electrons. The zero-order valence-electron chi connectivity index (χ0n) is 19.2. The predicted octanol–water partition coefficient (Wildman–Crippen LogP) is 6.12. The maximum absolute atomic E-state index is 14.5. The van der Waals surface area contributed by atoms with Crippen molar-refractivity contribution in [2.75, 3.05) is 0 Å². The van der Waals surface area contributed by atoms with Crippen molar-refractivity contribution in [1.82, 2.24) is 5.32 Å². The molecule has 7 heteroatoms. The first-order valence-electron chi connectivity index (χ1n) is 11.5. The van der Waals surface area contributed by atoms with Crippen molar-refractivity contribution in [2.24, 2.45) is 28.0 Å². The van der Waals surface area contributed by atoms with Crippen LogP contribution in [-0.4, -0.2) is 18.2 Å². The minimum atomic E-state index is -0.702. The second-order valence-electron chi connectivity index (χ2n) is 8.92. The Kier molecular flexibility index (Phi) is 7.36. The van der Waals surface area contributed by atoms with Crippen LogP contribution in [0, 0.1) is 41.2 Å². The smallest absolute Gasteiger partial charge is 0.407 e. The quantitative estimate of drug-likeness (QED) is 0.543. The number of carbonyl (C=O) groups is 1. The first kappa shape index (κ1) is 23.6. The number of carbonyl (C=O) groups excluding carboxylic acids is 1. The molecule has 4 rings (SSSR count). The summed E-state index contributed by atoms with van der Waals surface area (Å²) in [4.78, 5) is 12.5. The van der Waals surface area contributed by atoms with Gasteiger partial charge < -0.3 is 10.1 Å². The number of nitrogens with zero attached hydrogens (tertiary/aromatic N) is 2. The maximum Gasteiger partial charge on any atom is 0.407 e. The Bertz CT molecular complexity index is 1130. The largest absolute Gasteiger partial charge is 0.445 e. The topological polar surface area (TPSA) is 63.0 Å². The zero-order valence-corrected chi connectivity index (χ0v) is 19.2. The number of benzene rings is 2. The monoisotopic (exact) mass is 463 g/mol. The summed E-state index contributed by atoms with van der Waals surface area (Å²) < 4.78 is 34.4. The van der Waals surface area contributed by atoms with Crippen molar-refractivity contribution < 1.29 is 18.3 Å². The van der Waals surface area contributed by atoms with Gasteiger partial charge in [0.15, 0.2) is 6.04 Å². The highest BCUT2D eigenvalue weighted by Crippen LogP contribution is 2.35. The molecule has 176 valence electrons. The number of ether oxygens (including phenoxy) is 1. The van der Waals surface area contributed by atoms with Crippen molar-refractivity contribution in [3.63, 3.8) is 0 Å². The molecule has 0 spiro atoms. The molecule has 2 bridgehead atoms. The third-order valence-electron chi connectivity index (χ3n) is 6.27. The molecule has 0 fully saturated rings. The van der Waals surface area contributed by atoms with Gasteiger partial charge in [0.25, 0.3) is 0 Å². The van der Waals surface area contributed by atoms with Crippen LogP contribution < -0.4 is 5.32 Å². The average molecular weight is 464 g/mol. The molecule has 2 aliphatic rings. The van der Waals surface area contributed by atoms with Gasteiger partial charge in [-0.15, -0.1) is 0 Å². The molecule has 1 N–H and O–H groups in total. The molecule has 1 aliphatic carbocycles. The number of hydrogen-bond donors (Lipinski definition) is 1. The molecule has 1 aliphatic heterocycles. The van der Waals surface area contributed by atoms with Crippen molar-refractivity contribution in [3.8, 4) is 11.8 Å². The van der Waals surface area contributed by atoms with E-state index in [9.17, 15) is 13.6 Å². The Morgan fingerprint density at radius 2 is 1.82 bits per heavy atom. The lowest BCUT2D eigenvalue weighted by Gasteiger charge is -2.31. The van der Waals surface area contributed by atoms with Gasteiger partial charge in [-0.2, -0.15) is 10.2 Å². The van der Waals surface area contributed by atoms with E-state index in [2.05, 4.69) is 41.2 Å². The van der Waals surface area contributed by atoms with Crippen molar-refractivity contribution in [2.45, 2.75) is 45.4 Å². The molecular formula is C27H27F2N3O2. The van der Waals surface area contributed by atoms with Gasteiger partial charge in [-0.1, -0.05) is 62.1 Å². The van der Waals surface area contributed by atoms with Gasteiger partial charge in [-0.25, -0.2) is 13.6 Å². The highest BCUT2D eigenvalue weighted by atomic mass is 19.1. The summed E-state index contributed by atoms with van der Waals surface area (Å²) in [6.45, 7) is 4.34. The Hall–Kier alpha value is -3.53. The summed E-state index contributed by atoms with van der Waals surface area (Å²) in [6.07, 6.45) is 2.55. The van der Waals surface area contributed by atoms with Crippen LogP contribution in [0.25, 0.3) is 5.70 Å². The summed E-state index contributed by atoms with van der Waals surface area (Å²) in [7, 11) is 0. The number of amides is 1. The van der Waals surface area contributed by atoms with E-state index < -0.39 is 29.8 Å². The number of nitrogens with one attached hydrogen (secondary N) is 1. The summed E-state index contributed by atoms with van der Waals surface area (Å²) in [5.74, 6) is 5.11. The summed E-state index contributed by atoms with van der Waals surface area (Å²) in [5, 5.41) is 11.4. The standard InChI is InChI=1S/C27H27F2N3O2/c1-17(2)20-12-14-23(30-27(33)34-16-18-7-4-3-5-8-18)24-13-11-19(20)15-25(32-31-24)26-21(28)9-6-10-22(26)29/h3-10,15,17,19-20,23-24H,12,14,16H2,1-2H3,(H,30,33)/b25-15-,32-31-/t19?,20?,23-,24?/m1/s1.